The van der Waals surface area contributed by atoms with E-state index in [4.69, 9.17) is 14.2 Å². The lowest BCUT2D eigenvalue weighted by atomic mass is 9.70. The second-order valence-corrected chi connectivity index (χ2v) is 6.97. The maximum Gasteiger partial charge on any atom is 0.323 e. The van der Waals surface area contributed by atoms with E-state index in [0.29, 0.717) is 0 Å². The molecule has 2 fully saturated rings. The lowest BCUT2D eigenvalue weighted by Crippen LogP contribution is -2.40. The SMILES string of the molecule is COC(=O)C1(C(=O)OC)CC2=CC(=C(C)C)[C@H]3C(=O)OC(=O)[C@H]3[C@H]2C1. The van der Waals surface area contributed by atoms with E-state index in [0.717, 1.165) is 16.7 Å². The van der Waals surface area contributed by atoms with Crippen LogP contribution >= 0.6 is 0 Å². The molecule has 0 bridgehead atoms. The summed E-state index contributed by atoms with van der Waals surface area (Å²) in [5, 5.41) is 0. The zero-order valence-electron chi connectivity index (χ0n) is 14.6. The number of cyclic esters (lactones) is 2. The van der Waals surface area contributed by atoms with Crippen molar-refractivity contribution in [3.05, 3.63) is 22.8 Å². The molecule has 0 aromatic rings. The van der Waals surface area contributed by atoms with Crippen molar-refractivity contribution in [1.29, 1.82) is 0 Å². The van der Waals surface area contributed by atoms with Crippen LogP contribution in [0, 0.1) is 23.2 Å². The number of rotatable bonds is 2. The van der Waals surface area contributed by atoms with Gasteiger partial charge < -0.3 is 14.2 Å². The second-order valence-electron chi connectivity index (χ2n) is 6.97. The number of fused-ring (bicyclic) bond motifs is 3. The molecule has 7 nitrogen and oxygen atoms in total. The minimum atomic E-state index is -1.49. The molecule has 1 saturated heterocycles. The molecule has 3 rings (SSSR count). The smallest absolute Gasteiger partial charge is 0.323 e. The first kappa shape index (κ1) is 17.4. The largest absolute Gasteiger partial charge is 0.468 e. The Hall–Kier alpha value is -2.44. The van der Waals surface area contributed by atoms with E-state index < -0.39 is 47.0 Å². The Balaban J connectivity index is 2.13. The van der Waals surface area contributed by atoms with E-state index in [-0.39, 0.29) is 12.8 Å². The minimum Gasteiger partial charge on any atom is -0.468 e. The van der Waals surface area contributed by atoms with Crippen molar-refractivity contribution in [2.45, 2.75) is 26.7 Å². The topological polar surface area (TPSA) is 96.0 Å². The average molecular weight is 348 g/mol. The van der Waals surface area contributed by atoms with Gasteiger partial charge in [0.2, 0.25) is 0 Å². The van der Waals surface area contributed by atoms with E-state index in [1.807, 2.05) is 19.9 Å². The molecule has 3 aliphatic rings. The Morgan fingerprint density at radius 3 is 2.24 bits per heavy atom. The van der Waals surface area contributed by atoms with Gasteiger partial charge in [0, 0.05) is 0 Å². The number of hydrogen-bond donors (Lipinski definition) is 0. The van der Waals surface area contributed by atoms with Gasteiger partial charge in [0.15, 0.2) is 5.41 Å². The Morgan fingerprint density at radius 2 is 1.72 bits per heavy atom. The maximum absolute atomic E-state index is 12.4. The van der Waals surface area contributed by atoms with Crippen LogP contribution in [0.15, 0.2) is 22.8 Å². The summed E-state index contributed by atoms with van der Waals surface area (Å²) in [6, 6.07) is 0. The molecule has 0 amide bonds. The Bertz CT molecular complexity index is 723. The van der Waals surface area contributed by atoms with Crippen molar-refractivity contribution in [2.75, 3.05) is 14.2 Å². The Labute approximate surface area is 145 Å². The number of hydrogen-bond acceptors (Lipinski definition) is 7. The second kappa shape index (κ2) is 5.82. The first-order chi connectivity index (χ1) is 11.8. The summed E-state index contributed by atoms with van der Waals surface area (Å²) in [5.41, 5.74) is 0.895. The summed E-state index contributed by atoms with van der Waals surface area (Å²) < 4.78 is 14.5. The highest BCUT2D eigenvalue weighted by Gasteiger charge is 2.63. The molecule has 0 spiro atoms. The minimum absolute atomic E-state index is 0.0672. The molecule has 0 aromatic heterocycles. The summed E-state index contributed by atoms with van der Waals surface area (Å²) in [4.78, 5) is 49.2. The molecule has 0 N–H and O–H groups in total. The molecule has 0 aromatic carbocycles. The van der Waals surface area contributed by atoms with Gasteiger partial charge >= 0.3 is 23.9 Å². The van der Waals surface area contributed by atoms with Crippen LogP contribution in [0.5, 0.6) is 0 Å². The zero-order valence-corrected chi connectivity index (χ0v) is 14.6. The first-order valence-corrected chi connectivity index (χ1v) is 8.07. The van der Waals surface area contributed by atoms with Crippen LogP contribution < -0.4 is 0 Å². The normalized spacial score (nSPS) is 29.4. The number of carbonyl (C=O) groups excluding carboxylic acids is 4. The molecule has 0 unspecified atom stereocenters. The van der Waals surface area contributed by atoms with E-state index >= 15 is 0 Å². The monoisotopic (exact) mass is 348 g/mol. The van der Waals surface area contributed by atoms with Crippen molar-refractivity contribution in [2.24, 2.45) is 23.2 Å². The third-order valence-electron chi connectivity index (χ3n) is 5.48. The van der Waals surface area contributed by atoms with Gasteiger partial charge in [-0.15, -0.1) is 0 Å². The molecule has 25 heavy (non-hydrogen) atoms. The molecule has 2 aliphatic carbocycles. The van der Waals surface area contributed by atoms with Gasteiger partial charge in [-0.3, -0.25) is 19.2 Å². The standard InChI is InChI=1S/C18H20O7/c1-8(2)10-5-9-6-18(16(21)23-3,17(22)24-4)7-11(9)13-12(10)14(19)25-15(13)20/h5,11-13H,6-7H2,1-4H3/t11-,12+,13-/m0/s1. The molecule has 134 valence electrons. The van der Waals surface area contributed by atoms with E-state index in [2.05, 4.69) is 0 Å². The highest BCUT2D eigenvalue weighted by molar-refractivity contribution is 6.03. The van der Waals surface area contributed by atoms with Gasteiger partial charge in [-0.05, 0) is 38.2 Å². The Kier molecular flexibility index (Phi) is 4.05. The summed E-state index contributed by atoms with van der Waals surface area (Å²) in [5.74, 6) is -4.38. The number of methoxy groups -OCH3 is 2. The van der Waals surface area contributed by atoms with Crippen LogP contribution in [-0.4, -0.2) is 38.1 Å². The van der Waals surface area contributed by atoms with Gasteiger partial charge in [-0.2, -0.15) is 0 Å². The lowest BCUT2D eigenvalue weighted by molar-refractivity contribution is -0.169. The van der Waals surface area contributed by atoms with Crippen LogP contribution in [0.25, 0.3) is 0 Å². The first-order valence-electron chi connectivity index (χ1n) is 8.07. The fourth-order valence-electron chi connectivity index (χ4n) is 4.33. The molecule has 3 atom stereocenters. The van der Waals surface area contributed by atoms with Gasteiger partial charge in [-0.1, -0.05) is 17.2 Å². The highest BCUT2D eigenvalue weighted by Crippen LogP contribution is 2.56. The van der Waals surface area contributed by atoms with Crippen LogP contribution in [0.4, 0.5) is 0 Å². The summed E-state index contributed by atoms with van der Waals surface area (Å²) in [7, 11) is 2.42. The van der Waals surface area contributed by atoms with Crippen molar-refractivity contribution >= 4 is 23.9 Å². The van der Waals surface area contributed by atoms with Crippen LogP contribution in [-0.2, 0) is 33.4 Å². The third kappa shape index (κ3) is 2.33. The van der Waals surface area contributed by atoms with Gasteiger partial charge in [0.05, 0.1) is 26.1 Å². The van der Waals surface area contributed by atoms with Crippen LogP contribution in [0.2, 0.25) is 0 Å². The summed E-state index contributed by atoms with van der Waals surface area (Å²) in [6.45, 7) is 3.70. The highest BCUT2D eigenvalue weighted by atomic mass is 16.6. The zero-order chi connectivity index (χ0) is 18.5. The van der Waals surface area contributed by atoms with Crippen LogP contribution in [0.3, 0.4) is 0 Å². The molecule has 7 heteroatoms. The van der Waals surface area contributed by atoms with Gasteiger partial charge in [0.25, 0.3) is 0 Å². The van der Waals surface area contributed by atoms with E-state index in [9.17, 15) is 19.2 Å². The predicted octanol–water partition coefficient (Wildman–Crippen LogP) is 1.32. The molecule has 1 aliphatic heterocycles. The summed E-state index contributed by atoms with van der Waals surface area (Å²) >= 11 is 0. The van der Waals surface area contributed by atoms with E-state index in [1.165, 1.54) is 14.2 Å². The molecule has 1 heterocycles. The van der Waals surface area contributed by atoms with Crippen molar-refractivity contribution in [3.8, 4) is 0 Å². The fourth-order valence-corrected chi connectivity index (χ4v) is 4.33. The van der Waals surface area contributed by atoms with Crippen molar-refractivity contribution in [3.63, 3.8) is 0 Å². The van der Waals surface area contributed by atoms with Gasteiger partial charge in [0.1, 0.15) is 0 Å². The number of ether oxygens (including phenoxy) is 3. The number of carbonyl (C=O) groups is 4. The predicted molar refractivity (Wildman–Crippen MR) is 83.7 cm³/mol. The fraction of sp³-hybridized carbons (Fsp3) is 0.556. The van der Waals surface area contributed by atoms with Crippen molar-refractivity contribution < 1.29 is 33.4 Å². The van der Waals surface area contributed by atoms with Gasteiger partial charge in [-0.25, -0.2) is 0 Å². The summed E-state index contributed by atoms with van der Waals surface area (Å²) in [6.07, 6.45) is 2.00. The molecular formula is C18H20O7. The molecule has 0 radical (unpaired) electrons. The van der Waals surface area contributed by atoms with Crippen LogP contribution in [0.1, 0.15) is 26.7 Å². The quantitative estimate of drug-likeness (QED) is 0.422. The number of esters is 4. The molecule has 1 saturated carbocycles. The third-order valence-corrected chi connectivity index (χ3v) is 5.48. The Morgan fingerprint density at radius 1 is 1.12 bits per heavy atom. The lowest BCUT2D eigenvalue weighted by Gasteiger charge is -2.28. The maximum atomic E-state index is 12.4. The van der Waals surface area contributed by atoms with Crippen molar-refractivity contribution in [1.82, 2.24) is 0 Å². The number of allylic oxidation sites excluding steroid dienone is 3. The molecular weight excluding hydrogens is 328 g/mol. The average Bonchev–Trinajstić information content (AvgIpc) is 3.11. The van der Waals surface area contributed by atoms with E-state index in [1.54, 1.807) is 0 Å².